The van der Waals surface area contributed by atoms with Crippen molar-refractivity contribution in [3.63, 3.8) is 0 Å². The van der Waals surface area contributed by atoms with Crippen LogP contribution in [0, 0.1) is 0 Å². The molecule has 6 aromatic carbocycles. The number of ether oxygens (including phenoxy) is 4. The van der Waals surface area contributed by atoms with Crippen LogP contribution in [0.15, 0.2) is 147 Å². The van der Waals surface area contributed by atoms with E-state index in [-0.39, 0.29) is 26.4 Å². The zero-order chi connectivity index (χ0) is 37.0. The summed E-state index contributed by atoms with van der Waals surface area (Å²) in [6.07, 6.45) is -0.826. The molecule has 7 rings (SSSR count). The quantitative estimate of drug-likeness (QED) is 0.0448. The van der Waals surface area contributed by atoms with Gasteiger partial charge in [-0.3, -0.25) is 0 Å². The van der Waals surface area contributed by atoms with E-state index in [4.69, 9.17) is 18.9 Å². The summed E-state index contributed by atoms with van der Waals surface area (Å²) in [6.45, 7) is 6.45. The van der Waals surface area contributed by atoms with Crippen molar-refractivity contribution in [2.45, 2.75) is 23.9 Å². The van der Waals surface area contributed by atoms with Gasteiger partial charge in [0.15, 0.2) is 6.29 Å². The lowest BCUT2D eigenvalue weighted by atomic mass is 9.67. The van der Waals surface area contributed by atoms with Crippen LogP contribution in [0.5, 0.6) is 11.5 Å². The molecule has 8 nitrogen and oxygen atoms in total. The van der Waals surface area contributed by atoms with E-state index >= 15 is 0 Å². The fourth-order valence-electron chi connectivity index (χ4n) is 7.08. The van der Waals surface area contributed by atoms with Crippen LogP contribution in [0.25, 0.3) is 32.7 Å². The lowest BCUT2D eigenvalue weighted by Crippen LogP contribution is -2.29. The third kappa shape index (κ3) is 7.18. The van der Waals surface area contributed by atoms with Crippen molar-refractivity contribution in [2.75, 3.05) is 26.4 Å². The first-order chi connectivity index (χ1) is 25.8. The molecule has 0 radical (unpaired) electrons. The highest BCUT2D eigenvalue weighted by molar-refractivity contribution is 6.00. The molecule has 1 aliphatic rings. The molecule has 0 aromatic heterocycles. The van der Waals surface area contributed by atoms with E-state index in [2.05, 4.69) is 110 Å². The maximum Gasteiger partial charge on any atom is 0.330 e. The minimum absolute atomic E-state index is 0.0230. The Bertz CT molecular complexity index is 2180. The summed E-state index contributed by atoms with van der Waals surface area (Å²) in [5.74, 6) is 0.521. The molecule has 0 aliphatic heterocycles. The third-order valence-electron chi connectivity index (χ3n) is 9.57. The highest BCUT2D eigenvalue weighted by atomic mass is 16.6. The highest BCUT2D eigenvalue weighted by Crippen LogP contribution is 2.58. The molecule has 3 atom stereocenters. The molecule has 1 aliphatic carbocycles. The zero-order valence-corrected chi connectivity index (χ0v) is 29.1. The minimum atomic E-state index is -1.16. The molecule has 53 heavy (non-hydrogen) atoms. The van der Waals surface area contributed by atoms with Gasteiger partial charge in [0.05, 0.1) is 12.0 Å². The molecule has 3 N–H and O–H groups in total. The Hall–Kier alpha value is -5.77. The van der Waals surface area contributed by atoms with Crippen molar-refractivity contribution in [3.05, 3.63) is 169 Å². The Kier molecular flexibility index (Phi) is 10.4. The highest BCUT2D eigenvalue weighted by Gasteiger charge is 2.46. The number of aliphatic hydroxyl groups is 3. The first kappa shape index (κ1) is 35.6. The lowest BCUT2D eigenvalue weighted by molar-refractivity contribution is -0.141. The maximum absolute atomic E-state index is 11.4. The predicted octanol–water partition coefficient (Wildman–Crippen LogP) is 7.09. The summed E-state index contributed by atoms with van der Waals surface area (Å²) in [5.41, 5.74) is 5.84. The van der Waals surface area contributed by atoms with Gasteiger partial charge in [0.1, 0.15) is 43.5 Å². The zero-order valence-electron chi connectivity index (χ0n) is 29.1. The number of hydrogen-bond acceptors (Lipinski definition) is 8. The van der Waals surface area contributed by atoms with Gasteiger partial charge in [-0.25, -0.2) is 4.79 Å². The van der Waals surface area contributed by atoms with Crippen molar-refractivity contribution >= 4 is 27.5 Å². The van der Waals surface area contributed by atoms with Crippen LogP contribution in [-0.2, 0) is 19.7 Å². The molecule has 0 saturated heterocycles. The summed E-state index contributed by atoms with van der Waals surface area (Å²) in [6, 6.07) is 41.7. The fourth-order valence-corrected chi connectivity index (χ4v) is 7.08. The summed E-state index contributed by atoms with van der Waals surface area (Å²) in [7, 11) is 0. The molecule has 0 bridgehead atoms. The minimum Gasteiger partial charge on any atom is -0.491 e. The number of aliphatic hydroxyl groups excluding tert-OH is 3. The molecule has 6 aromatic rings. The number of benzene rings is 6. The summed E-state index contributed by atoms with van der Waals surface area (Å²) < 4.78 is 21.9. The van der Waals surface area contributed by atoms with E-state index in [9.17, 15) is 20.1 Å². The topological polar surface area (TPSA) is 115 Å². The summed E-state index contributed by atoms with van der Waals surface area (Å²) in [4.78, 5) is 11.4. The van der Waals surface area contributed by atoms with Gasteiger partial charge in [0, 0.05) is 6.08 Å². The van der Waals surface area contributed by atoms with Crippen molar-refractivity contribution < 1.29 is 39.1 Å². The van der Waals surface area contributed by atoms with Gasteiger partial charge >= 0.3 is 5.97 Å². The second kappa shape index (κ2) is 15.5. The van der Waals surface area contributed by atoms with E-state index in [1.165, 1.54) is 6.08 Å². The first-order valence-corrected chi connectivity index (χ1v) is 17.4. The maximum atomic E-state index is 11.4. The SMILES string of the molecule is C=CC(=O)OCC(O)COc1ccc(C2(c3ccc(OCC(O)COC(O)C=C)cc3)c3cc4ccccc4cc3-c3cc4ccccc4cc32)cc1. The van der Waals surface area contributed by atoms with Crippen LogP contribution in [-0.4, -0.2) is 66.2 Å². The van der Waals surface area contributed by atoms with Gasteiger partial charge in [-0.15, -0.1) is 0 Å². The lowest BCUT2D eigenvalue weighted by Gasteiger charge is -2.34. The third-order valence-corrected chi connectivity index (χ3v) is 9.57. The van der Waals surface area contributed by atoms with Gasteiger partial charge in [-0.2, -0.15) is 0 Å². The number of esters is 1. The van der Waals surface area contributed by atoms with Crippen LogP contribution in [0.1, 0.15) is 22.3 Å². The normalized spacial score (nSPS) is 14.5. The molecule has 0 amide bonds. The molecule has 8 heteroatoms. The summed E-state index contributed by atoms with van der Waals surface area (Å²) in [5, 5.41) is 34.8. The summed E-state index contributed by atoms with van der Waals surface area (Å²) >= 11 is 0. The number of rotatable bonds is 15. The second-order valence-corrected chi connectivity index (χ2v) is 13.0. The van der Waals surface area contributed by atoms with Crippen molar-refractivity contribution in [1.29, 1.82) is 0 Å². The Labute approximate surface area is 307 Å². The monoisotopic (exact) mass is 708 g/mol. The molecule has 3 unspecified atom stereocenters. The first-order valence-electron chi connectivity index (χ1n) is 17.4. The number of carbonyl (C=O) groups excluding carboxylic acids is 1. The molecular weight excluding hydrogens is 668 g/mol. The van der Waals surface area contributed by atoms with Crippen molar-refractivity contribution in [3.8, 4) is 22.6 Å². The van der Waals surface area contributed by atoms with Gasteiger partial charge in [-0.05, 0) is 110 Å². The Morgan fingerprint density at radius 1 is 0.604 bits per heavy atom. The largest absolute Gasteiger partial charge is 0.491 e. The van der Waals surface area contributed by atoms with E-state index in [0.29, 0.717) is 11.5 Å². The number of carbonyl (C=O) groups is 1. The van der Waals surface area contributed by atoms with Crippen molar-refractivity contribution in [1.82, 2.24) is 0 Å². The van der Waals surface area contributed by atoms with Crippen LogP contribution in [0.4, 0.5) is 0 Å². The van der Waals surface area contributed by atoms with Gasteiger partial charge in [-0.1, -0.05) is 86.0 Å². The van der Waals surface area contributed by atoms with Crippen LogP contribution >= 0.6 is 0 Å². The Balaban J connectivity index is 1.31. The van der Waals surface area contributed by atoms with Crippen LogP contribution in [0.2, 0.25) is 0 Å². The van der Waals surface area contributed by atoms with Gasteiger partial charge < -0.3 is 34.3 Å². The Morgan fingerprint density at radius 3 is 1.47 bits per heavy atom. The van der Waals surface area contributed by atoms with Crippen LogP contribution in [0.3, 0.4) is 0 Å². The van der Waals surface area contributed by atoms with E-state index in [1.807, 2.05) is 24.3 Å². The Morgan fingerprint density at radius 2 is 1.04 bits per heavy atom. The smallest absolute Gasteiger partial charge is 0.330 e. The van der Waals surface area contributed by atoms with E-state index in [0.717, 1.165) is 61.0 Å². The molecule has 0 heterocycles. The number of hydrogen-bond donors (Lipinski definition) is 3. The molecule has 0 spiro atoms. The number of fused-ring (bicyclic) bond motifs is 5. The molecular formula is C45H40O8. The van der Waals surface area contributed by atoms with E-state index in [1.54, 1.807) is 0 Å². The molecule has 0 saturated carbocycles. The molecule has 268 valence electrons. The standard InChI is InChI=1S/C45H40O8/c1-3-43(48)52-27-35(46)25-50-37-17-13-33(14-18-37)45(34-15-19-38(20-16-34)51-26-36(47)28-53-44(49)4-2)41-23-31-11-7-5-9-29(31)21-39(41)40-22-30-10-6-8-12-32(30)24-42(40)45/h3-24,35-36,43,46-48H,1-2,25-28H2. The van der Waals surface area contributed by atoms with Crippen LogP contribution < -0.4 is 9.47 Å². The molecule has 0 fully saturated rings. The van der Waals surface area contributed by atoms with Crippen molar-refractivity contribution in [2.24, 2.45) is 0 Å². The predicted molar refractivity (Wildman–Crippen MR) is 205 cm³/mol. The van der Waals surface area contributed by atoms with E-state index < -0.39 is 29.9 Å². The average Bonchev–Trinajstić information content (AvgIpc) is 3.47. The average molecular weight is 709 g/mol. The second-order valence-electron chi connectivity index (χ2n) is 13.0. The van der Waals surface area contributed by atoms with Gasteiger partial charge in [0.2, 0.25) is 0 Å². The van der Waals surface area contributed by atoms with Gasteiger partial charge in [0.25, 0.3) is 0 Å². The fraction of sp³-hybridized carbons (Fsp3) is 0.178.